The maximum absolute atomic E-state index is 13.4. The van der Waals surface area contributed by atoms with Gasteiger partial charge < -0.3 is 5.43 Å². The maximum Gasteiger partial charge on any atom is 0.187 e. The van der Waals surface area contributed by atoms with Gasteiger partial charge in [0, 0.05) is 0 Å². The number of rotatable bonds is 2. The van der Waals surface area contributed by atoms with Crippen molar-refractivity contribution in [2.75, 3.05) is 5.43 Å². The summed E-state index contributed by atoms with van der Waals surface area (Å²) < 4.78 is 14.4. The molecular formula is C9H8BrFN4S. The Balaban J connectivity index is 2.54. The molecule has 0 fully saturated rings. The molecular weight excluding hydrogens is 295 g/mol. The number of nitrogen functional groups attached to an aromatic ring is 1. The van der Waals surface area contributed by atoms with E-state index in [1.807, 2.05) is 12.1 Å². The second-order valence-electron chi connectivity index (χ2n) is 3.04. The normalized spacial score (nSPS) is 10.5. The van der Waals surface area contributed by atoms with Crippen LogP contribution in [0.5, 0.6) is 0 Å². The van der Waals surface area contributed by atoms with Crippen molar-refractivity contribution in [3.63, 3.8) is 0 Å². The van der Waals surface area contributed by atoms with Crippen LogP contribution in [0.25, 0.3) is 10.7 Å². The Labute approximate surface area is 104 Å². The van der Waals surface area contributed by atoms with Gasteiger partial charge in [0.2, 0.25) is 0 Å². The number of aryl methyl sites for hydroxylation is 1. The lowest BCUT2D eigenvalue weighted by Crippen LogP contribution is -2.12. The van der Waals surface area contributed by atoms with E-state index in [1.165, 1.54) is 11.3 Å². The number of hydrogen-bond donors (Lipinski definition) is 2. The molecule has 4 nitrogen and oxygen atoms in total. The average Bonchev–Trinajstić information content (AvgIpc) is 2.69. The van der Waals surface area contributed by atoms with Gasteiger partial charge in [0.25, 0.3) is 0 Å². The molecule has 7 heteroatoms. The molecule has 0 atom stereocenters. The second-order valence-corrected chi connectivity index (χ2v) is 5.51. The highest BCUT2D eigenvalue weighted by atomic mass is 79.9. The first-order valence-electron chi connectivity index (χ1n) is 4.38. The van der Waals surface area contributed by atoms with Crippen LogP contribution in [-0.4, -0.2) is 9.97 Å². The number of nitrogens with two attached hydrogens (primary N) is 1. The third kappa shape index (κ3) is 2.06. The molecule has 0 aliphatic heterocycles. The molecule has 0 aliphatic carbocycles. The maximum atomic E-state index is 13.4. The Kier molecular flexibility index (Phi) is 3.17. The summed E-state index contributed by atoms with van der Waals surface area (Å²) in [5.41, 5.74) is 2.49. The lowest BCUT2D eigenvalue weighted by Gasteiger charge is -2.05. The lowest BCUT2D eigenvalue weighted by molar-refractivity contribution is 0.606. The predicted molar refractivity (Wildman–Crippen MR) is 65.6 cm³/mol. The van der Waals surface area contributed by atoms with E-state index in [2.05, 4.69) is 31.3 Å². The molecule has 0 saturated carbocycles. The molecule has 2 heterocycles. The van der Waals surface area contributed by atoms with Crippen LogP contribution < -0.4 is 11.3 Å². The van der Waals surface area contributed by atoms with Gasteiger partial charge in [0.05, 0.1) is 14.4 Å². The number of aromatic nitrogens is 2. The van der Waals surface area contributed by atoms with E-state index in [9.17, 15) is 4.39 Å². The average molecular weight is 303 g/mol. The van der Waals surface area contributed by atoms with Crippen LogP contribution in [0.3, 0.4) is 0 Å². The third-order valence-electron chi connectivity index (χ3n) is 1.95. The summed E-state index contributed by atoms with van der Waals surface area (Å²) in [5.74, 6) is 5.13. The number of hydrazine groups is 1. The highest BCUT2D eigenvalue weighted by Crippen LogP contribution is 2.30. The first-order valence-corrected chi connectivity index (χ1v) is 5.99. The van der Waals surface area contributed by atoms with E-state index in [1.54, 1.807) is 6.92 Å². The van der Waals surface area contributed by atoms with Crippen molar-refractivity contribution in [2.45, 2.75) is 6.92 Å². The summed E-state index contributed by atoms with van der Waals surface area (Å²) >= 11 is 4.82. The standard InChI is InChI=1S/C9H8BrFN4S/c1-4-7(11)9(15-12)14-8(13-4)5-2-3-6(10)16-5/h2-3H,12H2,1H3,(H,13,14,15). The zero-order valence-electron chi connectivity index (χ0n) is 8.29. The van der Waals surface area contributed by atoms with Gasteiger partial charge in [-0.05, 0) is 35.0 Å². The van der Waals surface area contributed by atoms with Gasteiger partial charge in [0.15, 0.2) is 17.5 Å². The highest BCUT2D eigenvalue weighted by Gasteiger charge is 2.12. The van der Waals surface area contributed by atoms with Crippen LogP contribution in [0, 0.1) is 12.7 Å². The minimum absolute atomic E-state index is 0.00650. The van der Waals surface area contributed by atoms with Crippen LogP contribution in [0.4, 0.5) is 10.2 Å². The van der Waals surface area contributed by atoms with Gasteiger partial charge in [-0.2, -0.15) is 0 Å². The smallest absolute Gasteiger partial charge is 0.187 e. The number of hydrogen-bond acceptors (Lipinski definition) is 5. The molecule has 0 bridgehead atoms. The molecule has 84 valence electrons. The number of halogens is 2. The zero-order valence-corrected chi connectivity index (χ0v) is 10.7. The molecule has 16 heavy (non-hydrogen) atoms. The summed E-state index contributed by atoms with van der Waals surface area (Å²) in [4.78, 5) is 8.93. The molecule has 2 rings (SSSR count). The number of nitrogens with zero attached hydrogens (tertiary/aromatic N) is 2. The fourth-order valence-electron chi connectivity index (χ4n) is 1.20. The molecule has 0 amide bonds. The van der Waals surface area contributed by atoms with E-state index >= 15 is 0 Å². The van der Waals surface area contributed by atoms with Crippen LogP contribution in [0.1, 0.15) is 5.69 Å². The SMILES string of the molecule is Cc1nc(-c2ccc(Br)s2)nc(NN)c1F. The second kappa shape index (κ2) is 4.44. The zero-order chi connectivity index (χ0) is 11.7. The van der Waals surface area contributed by atoms with Crippen molar-refractivity contribution in [3.05, 3.63) is 27.4 Å². The van der Waals surface area contributed by atoms with Crippen molar-refractivity contribution in [1.29, 1.82) is 0 Å². The van der Waals surface area contributed by atoms with Crippen molar-refractivity contribution in [1.82, 2.24) is 9.97 Å². The lowest BCUT2D eigenvalue weighted by atomic mass is 10.3. The van der Waals surface area contributed by atoms with E-state index in [4.69, 9.17) is 5.84 Å². The van der Waals surface area contributed by atoms with Gasteiger partial charge in [-0.25, -0.2) is 20.2 Å². The molecule has 0 saturated heterocycles. The molecule has 0 spiro atoms. The first kappa shape index (κ1) is 11.4. The van der Waals surface area contributed by atoms with Crippen molar-refractivity contribution in [3.8, 4) is 10.7 Å². The predicted octanol–water partition coefficient (Wildman–Crippen LogP) is 2.70. The molecule has 2 aromatic rings. The summed E-state index contributed by atoms with van der Waals surface area (Å²) in [7, 11) is 0. The molecule has 3 N–H and O–H groups in total. The van der Waals surface area contributed by atoms with Crippen LogP contribution in [-0.2, 0) is 0 Å². The Morgan fingerprint density at radius 3 is 2.75 bits per heavy atom. The van der Waals surface area contributed by atoms with E-state index in [-0.39, 0.29) is 11.5 Å². The quantitative estimate of drug-likeness (QED) is 0.661. The summed E-state index contributed by atoms with van der Waals surface area (Å²) in [6.45, 7) is 1.57. The van der Waals surface area contributed by atoms with Crippen LogP contribution >= 0.6 is 27.3 Å². The Morgan fingerprint density at radius 2 is 2.19 bits per heavy atom. The Bertz CT molecular complexity index is 528. The van der Waals surface area contributed by atoms with E-state index in [0.717, 1.165) is 8.66 Å². The van der Waals surface area contributed by atoms with Gasteiger partial charge >= 0.3 is 0 Å². The third-order valence-corrected chi connectivity index (χ3v) is 3.57. The minimum atomic E-state index is -0.526. The topological polar surface area (TPSA) is 63.8 Å². The molecule has 0 aromatic carbocycles. The van der Waals surface area contributed by atoms with E-state index in [0.29, 0.717) is 5.82 Å². The molecule has 2 aromatic heterocycles. The largest absolute Gasteiger partial charge is 0.306 e. The fraction of sp³-hybridized carbons (Fsp3) is 0.111. The summed E-state index contributed by atoms with van der Waals surface area (Å²) in [6, 6.07) is 3.75. The Hall–Kier alpha value is -1.05. The monoisotopic (exact) mass is 302 g/mol. The number of thiophene rings is 1. The molecule has 0 unspecified atom stereocenters. The minimum Gasteiger partial charge on any atom is -0.306 e. The van der Waals surface area contributed by atoms with E-state index < -0.39 is 5.82 Å². The number of nitrogens with one attached hydrogen (secondary N) is 1. The van der Waals surface area contributed by atoms with Gasteiger partial charge in [-0.3, -0.25) is 0 Å². The van der Waals surface area contributed by atoms with Crippen molar-refractivity contribution < 1.29 is 4.39 Å². The number of anilines is 1. The molecule has 0 aliphatic rings. The fourth-order valence-corrected chi connectivity index (χ4v) is 2.52. The van der Waals surface area contributed by atoms with Crippen LogP contribution in [0.2, 0.25) is 0 Å². The first-order chi connectivity index (χ1) is 7.61. The summed E-state index contributed by atoms with van der Waals surface area (Å²) in [6.07, 6.45) is 0. The molecule has 0 radical (unpaired) electrons. The van der Waals surface area contributed by atoms with Gasteiger partial charge in [-0.15, -0.1) is 11.3 Å². The van der Waals surface area contributed by atoms with Gasteiger partial charge in [-0.1, -0.05) is 0 Å². The van der Waals surface area contributed by atoms with Crippen molar-refractivity contribution in [2.24, 2.45) is 5.84 Å². The van der Waals surface area contributed by atoms with Crippen molar-refractivity contribution >= 4 is 33.1 Å². The Morgan fingerprint density at radius 1 is 1.44 bits per heavy atom. The highest BCUT2D eigenvalue weighted by molar-refractivity contribution is 9.11. The van der Waals surface area contributed by atoms with Crippen LogP contribution in [0.15, 0.2) is 15.9 Å². The van der Waals surface area contributed by atoms with Gasteiger partial charge in [0.1, 0.15) is 0 Å². The summed E-state index contributed by atoms with van der Waals surface area (Å²) in [5, 5.41) is 0.